The summed E-state index contributed by atoms with van der Waals surface area (Å²) in [6, 6.07) is 0.541. The lowest BCUT2D eigenvalue weighted by atomic mass is 9.82. The van der Waals surface area contributed by atoms with E-state index < -0.39 is 0 Å². The van der Waals surface area contributed by atoms with Gasteiger partial charge in [0.2, 0.25) is 0 Å². The van der Waals surface area contributed by atoms with Crippen LogP contribution in [0.1, 0.15) is 59.3 Å². The van der Waals surface area contributed by atoms with Gasteiger partial charge < -0.3 is 10.2 Å². The number of nitrogens with one attached hydrogen (secondary N) is 1. The number of hydrogen-bond donors (Lipinski definition) is 1. The zero-order valence-corrected chi connectivity index (χ0v) is 11.7. The first kappa shape index (κ1) is 14.3. The van der Waals surface area contributed by atoms with Gasteiger partial charge >= 0.3 is 6.03 Å². The highest BCUT2D eigenvalue weighted by atomic mass is 16.2. The van der Waals surface area contributed by atoms with Crippen molar-refractivity contribution in [2.45, 2.75) is 65.3 Å². The third-order valence-corrected chi connectivity index (χ3v) is 3.93. The van der Waals surface area contributed by atoms with Crippen molar-refractivity contribution in [1.29, 1.82) is 0 Å². The van der Waals surface area contributed by atoms with Gasteiger partial charge in [0.05, 0.1) is 0 Å². The number of carbonyl (C=O) groups is 1. The van der Waals surface area contributed by atoms with Crippen LogP contribution in [0.2, 0.25) is 0 Å². The van der Waals surface area contributed by atoms with Crippen LogP contribution < -0.4 is 5.32 Å². The largest absolute Gasteiger partial charge is 0.335 e. The first-order valence-electron chi connectivity index (χ1n) is 7.28. The van der Waals surface area contributed by atoms with Crippen LogP contribution in [0.15, 0.2) is 0 Å². The molecule has 1 fully saturated rings. The van der Waals surface area contributed by atoms with Crippen LogP contribution in [-0.4, -0.2) is 30.1 Å². The molecular weight excluding hydrogens is 212 g/mol. The molecule has 3 heteroatoms. The molecule has 0 bridgehead atoms. The van der Waals surface area contributed by atoms with Crippen LogP contribution in [-0.2, 0) is 0 Å². The molecule has 0 heterocycles. The third kappa shape index (κ3) is 4.21. The summed E-state index contributed by atoms with van der Waals surface area (Å²) in [7, 11) is 0. The van der Waals surface area contributed by atoms with E-state index in [2.05, 4.69) is 12.2 Å². The van der Waals surface area contributed by atoms with Crippen molar-refractivity contribution in [2.24, 2.45) is 5.92 Å². The Kier molecular flexibility index (Phi) is 6.38. The van der Waals surface area contributed by atoms with Crippen LogP contribution >= 0.6 is 0 Å². The lowest BCUT2D eigenvalue weighted by Gasteiger charge is -2.33. The van der Waals surface area contributed by atoms with Gasteiger partial charge in [-0.1, -0.05) is 26.2 Å². The zero-order valence-electron chi connectivity index (χ0n) is 11.7. The second-order valence-corrected chi connectivity index (χ2v) is 5.06. The smallest absolute Gasteiger partial charge is 0.317 e. The monoisotopic (exact) mass is 240 g/mol. The molecule has 0 spiro atoms. The number of urea groups is 1. The van der Waals surface area contributed by atoms with E-state index >= 15 is 0 Å². The molecule has 1 aliphatic carbocycles. The van der Waals surface area contributed by atoms with Crippen molar-refractivity contribution in [3.63, 3.8) is 0 Å². The van der Waals surface area contributed by atoms with Crippen LogP contribution in [0.4, 0.5) is 4.79 Å². The predicted molar refractivity (Wildman–Crippen MR) is 72.1 cm³/mol. The number of carbonyl (C=O) groups excluding carboxylic acids is 1. The minimum Gasteiger partial charge on any atom is -0.335 e. The van der Waals surface area contributed by atoms with Gasteiger partial charge in [-0.05, 0) is 39.0 Å². The van der Waals surface area contributed by atoms with Gasteiger partial charge in [0.25, 0.3) is 0 Å². The first-order valence-corrected chi connectivity index (χ1v) is 7.28. The number of amides is 2. The molecule has 17 heavy (non-hydrogen) atoms. The third-order valence-electron chi connectivity index (χ3n) is 3.93. The highest BCUT2D eigenvalue weighted by Crippen LogP contribution is 2.28. The predicted octanol–water partition coefficient (Wildman–Crippen LogP) is 3.40. The van der Waals surface area contributed by atoms with E-state index in [1.54, 1.807) is 0 Å². The summed E-state index contributed by atoms with van der Waals surface area (Å²) in [6.45, 7) is 7.90. The quantitative estimate of drug-likeness (QED) is 0.785. The topological polar surface area (TPSA) is 32.3 Å². The lowest BCUT2D eigenvalue weighted by Crippen LogP contribution is -2.48. The Morgan fingerprint density at radius 1 is 1.18 bits per heavy atom. The lowest BCUT2D eigenvalue weighted by molar-refractivity contribution is 0.182. The molecule has 1 N–H and O–H groups in total. The van der Waals surface area contributed by atoms with Crippen LogP contribution in [0.3, 0.4) is 0 Å². The number of rotatable bonds is 5. The molecule has 1 rings (SSSR count). The summed E-state index contributed by atoms with van der Waals surface area (Å²) >= 11 is 0. The minimum absolute atomic E-state index is 0.128. The molecule has 1 aliphatic rings. The highest BCUT2D eigenvalue weighted by molar-refractivity contribution is 5.74. The maximum atomic E-state index is 12.0. The second kappa shape index (κ2) is 7.57. The van der Waals surface area contributed by atoms with E-state index in [0.717, 1.165) is 19.5 Å². The minimum atomic E-state index is 0.128. The molecule has 0 saturated heterocycles. The average Bonchev–Trinajstić information content (AvgIpc) is 2.33. The Hall–Kier alpha value is -0.730. The molecule has 2 amide bonds. The van der Waals surface area contributed by atoms with Crippen molar-refractivity contribution >= 4 is 6.03 Å². The van der Waals surface area contributed by atoms with E-state index in [9.17, 15) is 4.79 Å². The SMILES string of the molecule is CCC[C@H]1CCCC[C@@H]1NC(=O)N(CC)CC. The number of hydrogen-bond acceptors (Lipinski definition) is 1. The maximum absolute atomic E-state index is 12.0. The molecule has 0 aromatic rings. The fraction of sp³-hybridized carbons (Fsp3) is 0.929. The van der Waals surface area contributed by atoms with Gasteiger partial charge in [0, 0.05) is 19.1 Å². The first-order chi connectivity index (χ1) is 8.22. The standard InChI is InChI=1S/C14H28N2O/c1-4-9-12-10-7-8-11-13(12)15-14(17)16(5-2)6-3/h12-13H,4-11H2,1-3H3,(H,15,17)/t12-,13-/m0/s1. The molecule has 0 aliphatic heterocycles. The maximum Gasteiger partial charge on any atom is 0.317 e. The summed E-state index contributed by atoms with van der Waals surface area (Å²) in [5.41, 5.74) is 0. The highest BCUT2D eigenvalue weighted by Gasteiger charge is 2.26. The summed E-state index contributed by atoms with van der Waals surface area (Å²) in [6.07, 6.45) is 7.53. The van der Waals surface area contributed by atoms with E-state index in [1.807, 2.05) is 18.7 Å². The van der Waals surface area contributed by atoms with Crippen LogP contribution in [0.5, 0.6) is 0 Å². The number of nitrogens with zero attached hydrogens (tertiary/aromatic N) is 1. The summed E-state index contributed by atoms with van der Waals surface area (Å²) in [5, 5.41) is 3.24. The fourth-order valence-corrected chi connectivity index (χ4v) is 2.87. The summed E-state index contributed by atoms with van der Waals surface area (Å²) in [4.78, 5) is 13.9. The molecule has 0 aromatic heterocycles. The molecule has 100 valence electrons. The molecule has 0 aromatic carbocycles. The van der Waals surface area contributed by atoms with Crippen molar-refractivity contribution in [3.8, 4) is 0 Å². The van der Waals surface area contributed by atoms with E-state index in [4.69, 9.17) is 0 Å². The van der Waals surface area contributed by atoms with Crippen molar-refractivity contribution in [3.05, 3.63) is 0 Å². The Morgan fingerprint density at radius 2 is 1.82 bits per heavy atom. The van der Waals surface area contributed by atoms with Gasteiger partial charge in [0.1, 0.15) is 0 Å². The fourth-order valence-electron chi connectivity index (χ4n) is 2.87. The van der Waals surface area contributed by atoms with Gasteiger partial charge in [0.15, 0.2) is 0 Å². The molecule has 0 radical (unpaired) electrons. The van der Waals surface area contributed by atoms with Gasteiger partial charge in [-0.3, -0.25) is 0 Å². The van der Waals surface area contributed by atoms with E-state index in [-0.39, 0.29) is 6.03 Å². The summed E-state index contributed by atoms with van der Waals surface area (Å²) < 4.78 is 0. The molecule has 2 atom stereocenters. The van der Waals surface area contributed by atoms with Crippen molar-refractivity contribution in [1.82, 2.24) is 10.2 Å². The van der Waals surface area contributed by atoms with Gasteiger partial charge in [-0.15, -0.1) is 0 Å². The van der Waals surface area contributed by atoms with Crippen LogP contribution in [0, 0.1) is 5.92 Å². The molecular formula is C14H28N2O. The van der Waals surface area contributed by atoms with Crippen molar-refractivity contribution < 1.29 is 4.79 Å². The summed E-state index contributed by atoms with van der Waals surface area (Å²) in [5.74, 6) is 0.702. The Labute approximate surface area is 106 Å². The van der Waals surface area contributed by atoms with E-state index in [0.29, 0.717) is 12.0 Å². The Balaban J connectivity index is 2.49. The van der Waals surface area contributed by atoms with Crippen molar-refractivity contribution in [2.75, 3.05) is 13.1 Å². The van der Waals surface area contributed by atoms with Crippen LogP contribution in [0.25, 0.3) is 0 Å². The zero-order chi connectivity index (χ0) is 12.7. The molecule has 0 unspecified atom stereocenters. The molecule has 3 nitrogen and oxygen atoms in total. The Bertz CT molecular complexity index is 224. The normalized spacial score (nSPS) is 24.4. The van der Waals surface area contributed by atoms with Gasteiger partial charge in [-0.25, -0.2) is 4.79 Å². The second-order valence-electron chi connectivity index (χ2n) is 5.06. The molecule has 1 saturated carbocycles. The Morgan fingerprint density at radius 3 is 2.41 bits per heavy atom. The van der Waals surface area contributed by atoms with E-state index in [1.165, 1.54) is 32.1 Å². The average molecular weight is 240 g/mol. The van der Waals surface area contributed by atoms with Gasteiger partial charge in [-0.2, -0.15) is 0 Å².